The van der Waals surface area contributed by atoms with Crippen LogP contribution in [0.15, 0.2) is 48.5 Å². The summed E-state index contributed by atoms with van der Waals surface area (Å²) in [5, 5.41) is 19.5. The van der Waals surface area contributed by atoms with Crippen LogP contribution in [-0.4, -0.2) is 25.9 Å². The van der Waals surface area contributed by atoms with E-state index in [1.54, 1.807) is 24.3 Å². The Labute approximate surface area is 185 Å². The number of thiocarbonyl (C=S) groups is 1. The zero-order valence-corrected chi connectivity index (χ0v) is 17.6. The van der Waals surface area contributed by atoms with Crippen LogP contribution < -0.4 is 16.0 Å². The van der Waals surface area contributed by atoms with E-state index in [2.05, 4.69) is 16.0 Å². The molecule has 148 valence electrons. The largest absolute Gasteiger partial charge is 0.339 e. The number of nitrogens with zero attached hydrogens (tertiary/aromatic N) is 1. The Hall–Kier alpha value is -1.84. The van der Waals surface area contributed by atoms with Gasteiger partial charge in [0.2, 0.25) is 3.79 Å². The van der Waals surface area contributed by atoms with Gasteiger partial charge in [-0.1, -0.05) is 52.5 Å². The first-order valence-electron chi connectivity index (χ1n) is 7.51. The molecule has 3 N–H and O–H groups in total. The van der Waals surface area contributed by atoms with Crippen molar-refractivity contribution in [1.82, 2.24) is 10.6 Å². The number of benzene rings is 2. The summed E-state index contributed by atoms with van der Waals surface area (Å²) in [6.07, 6.45) is -1.23. The molecule has 0 aliphatic carbocycles. The van der Waals surface area contributed by atoms with Crippen molar-refractivity contribution in [3.63, 3.8) is 0 Å². The normalized spacial score (nSPS) is 12.0. The Morgan fingerprint density at radius 3 is 2.32 bits per heavy atom. The standard InChI is InChI=1S/C16H12Cl4N4O3S/c17-10-4-6-11(7-5-10)21-15(28)23-14(16(18,19)20)22-13(25)9-2-1-3-12(8-9)24(26)27/h1-8,14H,(H,22,25)(H2,21,23,28)/t14-/m0/s1. The fourth-order valence-corrected chi connectivity index (χ4v) is 2.70. The number of nitro groups is 1. The topological polar surface area (TPSA) is 96.3 Å². The van der Waals surface area contributed by atoms with Gasteiger partial charge in [0.05, 0.1) is 4.92 Å². The quantitative estimate of drug-likeness (QED) is 0.189. The van der Waals surface area contributed by atoms with Crippen LogP contribution >= 0.6 is 58.6 Å². The molecule has 1 atom stereocenters. The van der Waals surface area contributed by atoms with Crippen LogP contribution in [-0.2, 0) is 0 Å². The minimum absolute atomic E-state index is 0.0202. The lowest BCUT2D eigenvalue weighted by molar-refractivity contribution is -0.384. The third-order valence-electron chi connectivity index (χ3n) is 3.30. The Bertz CT molecular complexity index is 890. The molecular weight excluding hydrogens is 470 g/mol. The van der Waals surface area contributed by atoms with Crippen LogP contribution in [0.2, 0.25) is 5.02 Å². The van der Waals surface area contributed by atoms with Crippen LogP contribution in [0.5, 0.6) is 0 Å². The molecule has 2 rings (SSSR count). The molecule has 2 aromatic carbocycles. The smallest absolute Gasteiger partial charge is 0.270 e. The molecule has 1 amide bonds. The number of anilines is 1. The third-order valence-corrected chi connectivity index (χ3v) is 4.43. The summed E-state index contributed by atoms with van der Waals surface area (Å²) in [7, 11) is 0. The minimum Gasteiger partial charge on any atom is -0.339 e. The van der Waals surface area contributed by atoms with Gasteiger partial charge in [0.1, 0.15) is 6.17 Å². The van der Waals surface area contributed by atoms with Gasteiger partial charge >= 0.3 is 0 Å². The van der Waals surface area contributed by atoms with Gasteiger partial charge in [-0.25, -0.2) is 0 Å². The van der Waals surface area contributed by atoms with E-state index in [1.165, 1.54) is 18.2 Å². The summed E-state index contributed by atoms with van der Waals surface area (Å²) in [6, 6.07) is 11.8. The number of non-ortho nitro benzene ring substituents is 1. The summed E-state index contributed by atoms with van der Waals surface area (Å²) in [5.41, 5.74) is 0.396. The molecule has 12 heteroatoms. The molecule has 2 aromatic rings. The number of nitro benzene ring substituents is 1. The number of rotatable bonds is 5. The predicted molar refractivity (Wildman–Crippen MR) is 115 cm³/mol. The molecule has 0 spiro atoms. The summed E-state index contributed by atoms with van der Waals surface area (Å²) in [4.78, 5) is 22.7. The van der Waals surface area contributed by atoms with Crippen LogP contribution in [0.1, 0.15) is 10.4 Å². The van der Waals surface area contributed by atoms with E-state index in [0.717, 1.165) is 6.07 Å². The Morgan fingerprint density at radius 1 is 1.11 bits per heavy atom. The number of alkyl halides is 3. The van der Waals surface area contributed by atoms with E-state index >= 15 is 0 Å². The van der Waals surface area contributed by atoms with Gasteiger partial charge in [-0.15, -0.1) is 0 Å². The first-order chi connectivity index (χ1) is 13.1. The molecule has 0 aliphatic rings. The molecule has 0 saturated heterocycles. The van der Waals surface area contributed by atoms with E-state index in [4.69, 9.17) is 58.6 Å². The molecule has 7 nitrogen and oxygen atoms in total. The zero-order chi connectivity index (χ0) is 20.9. The molecule has 0 radical (unpaired) electrons. The average molecular weight is 482 g/mol. The summed E-state index contributed by atoms with van der Waals surface area (Å²) in [6.45, 7) is 0. The number of halogens is 4. The number of nitrogens with one attached hydrogen (secondary N) is 3. The van der Waals surface area contributed by atoms with Crippen LogP contribution in [0.25, 0.3) is 0 Å². The second-order valence-corrected chi connectivity index (χ2v) is 8.57. The van der Waals surface area contributed by atoms with E-state index < -0.39 is 20.8 Å². The number of carbonyl (C=O) groups is 1. The van der Waals surface area contributed by atoms with Gasteiger partial charge in [0.15, 0.2) is 5.11 Å². The molecule has 0 heterocycles. The molecule has 0 bridgehead atoms. The van der Waals surface area contributed by atoms with Crippen molar-refractivity contribution in [2.24, 2.45) is 0 Å². The third kappa shape index (κ3) is 6.65. The fourth-order valence-electron chi connectivity index (χ4n) is 2.01. The minimum atomic E-state index is -1.97. The maximum absolute atomic E-state index is 12.4. The molecule has 0 aromatic heterocycles. The zero-order valence-electron chi connectivity index (χ0n) is 13.8. The van der Waals surface area contributed by atoms with Crippen molar-refractivity contribution >= 4 is 81.0 Å². The van der Waals surface area contributed by atoms with E-state index in [-0.39, 0.29) is 16.4 Å². The lowest BCUT2D eigenvalue weighted by atomic mass is 10.2. The van der Waals surface area contributed by atoms with Gasteiger partial charge in [-0.2, -0.15) is 0 Å². The van der Waals surface area contributed by atoms with Gasteiger partial charge in [-0.05, 0) is 42.5 Å². The van der Waals surface area contributed by atoms with Gasteiger partial charge in [0.25, 0.3) is 11.6 Å². The Morgan fingerprint density at radius 2 is 1.75 bits per heavy atom. The molecular formula is C16H12Cl4N4O3S. The molecule has 28 heavy (non-hydrogen) atoms. The van der Waals surface area contributed by atoms with Crippen molar-refractivity contribution < 1.29 is 9.72 Å². The van der Waals surface area contributed by atoms with Gasteiger partial charge in [0, 0.05) is 28.4 Å². The van der Waals surface area contributed by atoms with Crippen molar-refractivity contribution in [3.05, 3.63) is 69.2 Å². The van der Waals surface area contributed by atoms with Gasteiger partial charge < -0.3 is 16.0 Å². The lowest BCUT2D eigenvalue weighted by Crippen LogP contribution is -2.56. The second kappa shape index (κ2) is 9.58. The number of amides is 1. The van der Waals surface area contributed by atoms with E-state index in [9.17, 15) is 14.9 Å². The highest BCUT2D eigenvalue weighted by Crippen LogP contribution is 2.29. The Balaban J connectivity index is 2.10. The summed E-state index contributed by atoms with van der Waals surface area (Å²) >= 11 is 28.7. The van der Waals surface area contributed by atoms with Crippen LogP contribution in [0.3, 0.4) is 0 Å². The van der Waals surface area contributed by atoms with E-state index in [0.29, 0.717) is 10.7 Å². The van der Waals surface area contributed by atoms with Crippen molar-refractivity contribution in [3.8, 4) is 0 Å². The number of carbonyl (C=O) groups excluding carboxylic acids is 1. The first-order valence-corrected chi connectivity index (χ1v) is 9.43. The molecule has 0 unspecified atom stereocenters. The highest BCUT2D eigenvalue weighted by molar-refractivity contribution is 7.80. The van der Waals surface area contributed by atoms with Crippen molar-refractivity contribution in [2.45, 2.75) is 9.96 Å². The number of hydrogen-bond acceptors (Lipinski definition) is 4. The summed E-state index contributed by atoms with van der Waals surface area (Å²) < 4.78 is -1.97. The maximum Gasteiger partial charge on any atom is 0.270 e. The Kier molecular flexibility index (Phi) is 7.68. The first kappa shape index (κ1) is 22.4. The van der Waals surface area contributed by atoms with Crippen molar-refractivity contribution in [2.75, 3.05) is 5.32 Å². The molecule has 0 aliphatic heterocycles. The van der Waals surface area contributed by atoms with Gasteiger partial charge in [-0.3, -0.25) is 14.9 Å². The lowest BCUT2D eigenvalue weighted by Gasteiger charge is -2.27. The highest BCUT2D eigenvalue weighted by atomic mass is 35.6. The predicted octanol–water partition coefficient (Wildman–Crippen LogP) is 4.66. The maximum atomic E-state index is 12.4. The second-order valence-electron chi connectivity index (χ2n) is 5.36. The van der Waals surface area contributed by atoms with Crippen molar-refractivity contribution in [1.29, 1.82) is 0 Å². The summed E-state index contributed by atoms with van der Waals surface area (Å²) in [5.74, 6) is -0.693. The van der Waals surface area contributed by atoms with E-state index in [1.807, 2.05) is 0 Å². The highest BCUT2D eigenvalue weighted by Gasteiger charge is 2.35. The molecule has 0 saturated carbocycles. The molecule has 0 fully saturated rings. The van der Waals surface area contributed by atoms with Crippen LogP contribution in [0.4, 0.5) is 11.4 Å². The number of hydrogen-bond donors (Lipinski definition) is 3. The SMILES string of the molecule is O=C(N[C@@H](NC(=S)Nc1ccc(Cl)cc1)C(Cl)(Cl)Cl)c1cccc([N+](=O)[O-])c1. The fraction of sp³-hybridized carbons (Fsp3) is 0.125. The monoisotopic (exact) mass is 480 g/mol. The van der Waals surface area contributed by atoms with Crippen LogP contribution in [0, 0.1) is 10.1 Å². The average Bonchev–Trinajstić information content (AvgIpc) is 2.62.